The molecule has 0 aromatic carbocycles. The Hall–Kier alpha value is -1.78. The van der Waals surface area contributed by atoms with Gasteiger partial charge in [-0.2, -0.15) is 0 Å². The van der Waals surface area contributed by atoms with Crippen LogP contribution in [0, 0.1) is 11.8 Å². The second-order valence-corrected chi connectivity index (χ2v) is 7.12. The maximum absolute atomic E-state index is 12.4. The van der Waals surface area contributed by atoms with Gasteiger partial charge in [0.2, 0.25) is 0 Å². The van der Waals surface area contributed by atoms with E-state index in [9.17, 15) is 9.59 Å². The first-order valence-corrected chi connectivity index (χ1v) is 9.07. The van der Waals surface area contributed by atoms with E-state index in [1.807, 2.05) is 40.7 Å². The topological polar surface area (TPSA) is 55.8 Å². The third kappa shape index (κ3) is 7.76. The maximum atomic E-state index is 12.4. The van der Waals surface area contributed by atoms with Crippen LogP contribution in [0.1, 0.15) is 62.3 Å². The van der Waals surface area contributed by atoms with Crippen molar-refractivity contribution in [3.8, 4) is 0 Å². The minimum absolute atomic E-state index is 0.0270. The van der Waals surface area contributed by atoms with E-state index in [0.717, 1.165) is 5.57 Å². The minimum Gasteiger partial charge on any atom is -0.466 e. The van der Waals surface area contributed by atoms with Crippen molar-refractivity contribution in [3.63, 3.8) is 0 Å². The SMILES string of the molecule is CCOC(=O)C(C)C(=C\OC(=O)N(C(C)C)C(C)C)/C(C)=C\C(C)C. The first kappa shape index (κ1) is 23.2. The molecule has 25 heavy (non-hydrogen) atoms. The van der Waals surface area contributed by atoms with Gasteiger partial charge in [-0.25, -0.2) is 4.79 Å². The third-order valence-corrected chi connectivity index (χ3v) is 3.76. The van der Waals surface area contributed by atoms with Crippen molar-refractivity contribution < 1.29 is 19.1 Å². The number of carbonyl (C=O) groups excluding carboxylic acids is 2. The molecule has 0 aromatic heterocycles. The number of carbonyl (C=O) groups is 2. The van der Waals surface area contributed by atoms with Gasteiger partial charge in [0.1, 0.15) is 6.26 Å². The number of hydrogen-bond acceptors (Lipinski definition) is 4. The van der Waals surface area contributed by atoms with Crippen LogP contribution in [0.5, 0.6) is 0 Å². The van der Waals surface area contributed by atoms with E-state index in [1.54, 1.807) is 18.7 Å². The Morgan fingerprint density at radius 3 is 1.92 bits per heavy atom. The molecule has 1 unspecified atom stereocenters. The van der Waals surface area contributed by atoms with Gasteiger partial charge >= 0.3 is 12.1 Å². The zero-order valence-corrected chi connectivity index (χ0v) is 17.3. The van der Waals surface area contributed by atoms with E-state index in [-0.39, 0.29) is 18.1 Å². The van der Waals surface area contributed by atoms with E-state index in [0.29, 0.717) is 18.1 Å². The summed E-state index contributed by atoms with van der Waals surface area (Å²) in [5.74, 6) is -0.517. The lowest BCUT2D eigenvalue weighted by Gasteiger charge is -2.29. The molecule has 0 spiro atoms. The van der Waals surface area contributed by atoms with E-state index < -0.39 is 12.0 Å². The van der Waals surface area contributed by atoms with Crippen LogP contribution in [0.15, 0.2) is 23.5 Å². The summed E-state index contributed by atoms with van der Waals surface area (Å²) >= 11 is 0. The second kappa shape index (κ2) is 11.0. The minimum atomic E-state index is -0.505. The average Bonchev–Trinajstić information content (AvgIpc) is 2.45. The molecule has 1 atom stereocenters. The van der Waals surface area contributed by atoms with Gasteiger partial charge in [-0.15, -0.1) is 0 Å². The molecular weight excluding hydrogens is 318 g/mol. The summed E-state index contributed by atoms with van der Waals surface area (Å²) in [5.41, 5.74) is 1.57. The molecule has 0 saturated heterocycles. The molecule has 0 bridgehead atoms. The molecule has 0 aliphatic heterocycles. The molecule has 0 saturated carbocycles. The fourth-order valence-corrected chi connectivity index (χ4v) is 2.72. The molecule has 0 fully saturated rings. The highest BCUT2D eigenvalue weighted by atomic mass is 16.5. The maximum Gasteiger partial charge on any atom is 0.415 e. The van der Waals surface area contributed by atoms with Gasteiger partial charge < -0.3 is 14.4 Å². The smallest absolute Gasteiger partial charge is 0.415 e. The number of allylic oxidation sites excluding steroid dienone is 2. The van der Waals surface area contributed by atoms with Crippen LogP contribution in [-0.2, 0) is 14.3 Å². The largest absolute Gasteiger partial charge is 0.466 e. The Morgan fingerprint density at radius 1 is 1.00 bits per heavy atom. The molecule has 5 heteroatoms. The average molecular weight is 354 g/mol. The molecule has 0 N–H and O–H groups in total. The molecule has 1 amide bonds. The van der Waals surface area contributed by atoms with Gasteiger partial charge in [-0.1, -0.05) is 19.9 Å². The lowest BCUT2D eigenvalue weighted by Crippen LogP contribution is -2.41. The molecule has 0 aliphatic carbocycles. The van der Waals surface area contributed by atoms with E-state index in [4.69, 9.17) is 9.47 Å². The molecule has 0 radical (unpaired) electrons. The molecule has 0 rings (SSSR count). The third-order valence-electron chi connectivity index (χ3n) is 3.76. The van der Waals surface area contributed by atoms with Gasteiger partial charge in [0.15, 0.2) is 0 Å². The number of nitrogens with zero attached hydrogens (tertiary/aromatic N) is 1. The number of rotatable bonds is 8. The lowest BCUT2D eigenvalue weighted by atomic mass is 9.94. The molecule has 144 valence electrons. The van der Waals surface area contributed by atoms with E-state index in [1.165, 1.54) is 6.26 Å². The van der Waals surface area contributed by atoms with Gasteiger partial charge in [-0.3, -0.25) is 4.79 Å². The van der Waals surface area contributed by atoms with Crippen molar-refractivity contribution in [1.82, 2.24) is 4.90 Å². The van der Waals surface area contributed by atoms with Crippen LogP contribution < -0.4 is 0 Å². The summed E-state index contributed by atoms with van der Waals surface area (Å²) in [6.07, 6.45) is 3.02. The Labute approximate surface area is 153 Å². The highest BCUT2D eigenvalue weighted by Gasteiger charge is 2.24. The Balaban J connectivity index is 5.56. The van der Waals surface area contributed by atoms with Crippen molar-refractivity contribution >= 4 is 12.1 Å². The highest BCUT2D eigenvalue weighted by Crippen LogP contribution is 2.23. The fourth-order valence-electron chi connectivity index (χ4n) is 2.72. The number of esters is 1. The molecular formula is C20H35NO4. The summed E-state index contributed by atoms with van der Waals surface area (Å²) in [7, 11) is 0. The van der Waals surface area contributed by atoms with Crippen molar-refractivity contribution in [3.05, 3.63) is 23.5 Å². The number of ether oxygens (including phenoxy) is 2. The van der Waals surface area contributed by atoms with Crippen LogP contribution in [0.3, 0.4) is 0 Å². The fraction of sp³-hybridized carbons (Fsp3) is 0.700. The van der Waals surface area contributed by atoms with Crippen LogP contribution in [-0.4, -0.2) is 35.7 Å². The van der Waals surface area contributed by atoms with Crippen molar-refractivity contribution in [2.24, 2.45) is 11.8 Å². The van der Waals surface area contributed by atoms with Crippen molar-refractivity contribution in [2.75, 3.05) is 6.61 Å². The first-order chi connectivity index (χ1) is 11.5. The standard InChI is InChI=1S/C20H35NO4/c1-10-24-19(22)17(9)18(16(8)11-13(2)3)12-25-20(23)21(14(4)5)15(6)7/h11-15,17H,10H2,1-9H3/b16-11-,18-12-. The number of amides is 1. The summed E-state index contributed by atoms with van der Waals surface area (Å²) in [6, 6.07) is 0.0540. The highest BCUT2D eigenvalue weighted by molar-refractivity contribution is 5.77. The van der Waals surface area contributed by atoms with E-state index in [2.05, 4.69) is 13.8 Å². The Morgan fingerprint density at radius 2 is 1.52 bits per heavy atom. The second-order valence-electron chi connectivity index (χ2n) is 7.12. The van der Waals surface area contributed by atoms with Crippen molar-refractivity contribution in [2.45, 2.75) is 74.4 Å². The monoisotopic (exact) mass is 353 g/mol. The lowest BCUT2D eigenvalue weighted by molar-refractivity contribution is -0.146. The van der Waals surface area contributed by atoms with Crippen molar-refractivity contribution in [1.29, 1.82) is 0 Å². The molecule has 0 aromatic rings. The summed E-state index contributed by atoms with van der Waals surface area (Å²) < 4.78 is 10.5. The van der Waals surface area contributed by atoms with Gasteiger partial charge in [0.05, 0.1) is 12.5 Å². The van der Waals surface area contributed by atoms with E-state index >= 15 is 0 Å². The molecule has 0 heterocycles. The Bertz CT molecular complexity index is 496. The van der Waals surface area contributed by atoms with Crippen LogP contribution in [0.4, 0.5) is 4.79 Å². The van der Waals surface area contributed by atoms with Gasteiger partial charge in [0.25, 0.3) is 0 Å². The van der Waals surface area contributed by atoms with Crippen LogP contribution in [0.2, 0.25) is 0 Å². The zero-order valence-electron chi connectivity index (χ0n) is 17.3. The summed E-state index contributed by atoms with van der Waals surface area (Å²) in [6.45, 7) is 17.6. The predicted molar refractivity (Wildman–Crippen MR) is 101 cm³/mol. The van der Waals surface area contributed by atoms with Gasteiger partial charge in [0, 0.05) is 17.7 Å². The predicted octanol–water partition coefficient (Wildman–Crippen LogP) is 4.93. The molecule has 0 aliphatic rings. The summed E-state index contributed by atoms with van der Waals surface area (Å²) in [5, 5.41) is 0. The van der Waals surface area contributed by atoms with Crippen LogP contribution in [0.25, 0.3) is 0 Å². The summed E-state index contributed by atoms with van der Waals surface area (Å²) in [4.78, 5) is 26.2. The first-order valence-electron chi connectivity index (χ1n) is 9.07. The number of hydrogen-bond donors (Lipinski definition) is 0. The molecule has 5 nitrogen and oxygen atoms in total. The zero-order chi connectivity index (χ0) is 19.7. The normalized spacial score (nSPS) is 14.1. The van der Waals surface area contributed by atoms with Crippen LogP contribution >= 0.6 is 0 Å². The van der Waals surface area contributed by atoms with Gasteiger partial charge in [-0.05, 0) is 60.0 Å². The Kier molecular flexibility index (Phi) is 10.2. The quantitative estimate of drug-likeness (QED) is 0.353.